The maximum Gasteiger partial charge on any atom is 0.123 e. The van der Waals surface area contributed by atoms with Gasteiger partial charge in [0.1, 0.15) is 5.75 Å². The van der Waals surface area contributed by atoms with Gasteiger partial charge in [-0.05, 0) is 42.8 Å². The van der Waals surface area contributed by atoms with Gasteiger partial charge >= 0.3 is 0 Å². The Labute approximate surface area is 118 Å². The fourth-order valence-corrected chi connectivity index (χ4v) is 2.90. The van der Waals surface area contributed by atoms with Crippen molar-refractivity contribution in [2.24, 2.45) is 5.84 Å². The Kier molecular flexibility index (Phi) is 4.96. The number of hydrazine groups is 1. The van der Waals surface area contributed by atoms with Crippen molar-refractivity contribution in [3.8, 4) is 5.75 Å². The lowest BCUT2D eigenvalue weighted by Gasteiger charge is -2.19. The van der Waals surface area contributed by atoms with Crippen molar-refractivity contribution in [2.45, 2.75) is 25.8 Å². The maximum absolute atomic E-state index is 5.70. The van der Waals surface area contributed by atoms with E-state index >= 15 is 0 Å². The van der Waals surface area contributed by atoms with E-state index in [9.17, 15) is 0 Å². The molecule has 0 aliphatic heterocycles. The lowest BCUT2D eigenvalue weighted by Crippen LogP contribution is -2.28. The molecule has 1 aromatic heterocycles. The normalized spacial score (nSPS) is 12.4. The molecule has 1 unspecified atom stereocenters. The average molecular weight is 276 g/mol. The van der Waals surface area contributed by atoms with Gasteiger partial charge in [0.05, 0.1) is 7.11 Å². The van der Waals surface area contributed by atoms with E-state index in [2.05, 4.69) is 42.0 Å². The number of hydrogen-bond donors (Lipinski definition) is 2. The highest BCUT2D eigenvalue weighted by Crippen LogP contribution is 2.29. The van der Waals surface area contributed by atoms with E-state index in [1.807, 2.05) is 6.07 Å². The number of thiophene rings is 1. The Balaban J connectivity index is 2.12. The van der Waals surface area contributed by atoms with Crippen LogP contribution in [0.5, 0.6) is 5.75 Å². The average Bonchev–Trinajstić information content (AvgIpc) is 2.93. The second-order valence-corrected chi connectivity index (χ2v) is 5.61. The smallest absolute Gasteiger partial charge is 0.123 e. The Hall–Kier alpha value is -1.36. The standard InChI is InChI=1S/C15H20N2OS/c1-11-5-7-13(15(10-11)18-2)14(17-16)8-6-12-4-3-9-19-12/h3-5,7,9-10,14,17H,6,8,16H2,1-2H3. The zero-order valence-electron chi connectivity index (χ0n) is 11.3. The first-order chi connectivity index (χ1) is 9.24. The van der Waals surface area contributed by atoms with Gasteiger partial charge in [0.2, 0.25) is 0 Å². The van der Waals surface area contributed by atoms with Crippen molar-refractivity contribution in [3.63, 3.8) is 0 Å². The van der Waals surface area contributed by atoms with Crippen LogP contribution in [0.3, 0.4) is 0 Å². The predicted octanol–water partition coefficient (Wildman–Crippen LogP) is 3.20. The zero-order valence-corrected chi connectivity index (χ0v) is 12.2. The molecule has 0 saturated heterocycles. The van der Waals surface area contributed by atoms with Gasteiger partial charge in [0.25, 0.3) is 0 Å². The quantitative estimate of drug-likeness (QED) is 0.629. The van der Waals surface area contributed by atoms with Crippen molar-refractivity contribution < 1.29 is 4.74 Å². The first-order valence-corrected chi connectivity index (χ1v) is 7.25. The summed E-state index contributed by atoms with van der Waals surface area (Å²) >= 11 is 1.78. The van der Waals surface area contributed by atoms with Crippen LogP contribution in [-0.2, 0) is 6.42 Å². The highest BCUT2D eigenvalue weighted by molar-refractivity contribution is 7.09. The van der Waals surface area contributed by atoms with E-state index in [0.29, 0.717) is 0 Å². The van der Waals surface area contributed by atoms with Gasteiger partial charge in [-0.2, -0.15) is 0 Å². The molecule has 0 saturated carbocycles. The molecule has 0 aliphatic carbocycles. The predicted molar refractivity (Wildman–Crippen MR) is 80.4 cm³/mol. The molecule has 0 radical (unpaired) electrons. The van der Waals surface area contributed by atoms with Crippen molar-refractivity contribution >= 4 is 11.3 Å². The van der Waals surface area contributed by atoms with E-state index in [1.165, 1.54) is 10.4 Å². The van der Waals surface area contributed by atoms with Crippen LogP contribution >= 0.6 is 11.3 Å². The highest BCUT2D eigenvalue weighted by Gasteiger charge is 2.15. The minimum atomic E-state index is 0.109. The second-order valence-electron chi connectivity index (χ2n) is 4.58. The molecule has 1 heterocycles. The van der Waals surface area contributed by atoms with E-state index in [4.69, 9.17) is 10.6 Å². The van der Waals surface area contributed by atoms with Crippen molar-refractivity contribution in [1.29, 1.82) is 0 Å². The molecule has 3 nitrogen and oxygen atoms in total. The first-order valence-electron chi connectivity index (χ1n) is 6.37. The van der Waals surface area contributed by atoms with E-state index in [0.717, 1.165) is 24.2 Å². The third kappa shape index (κ3) is 3.56. The molecule has 1 aromatic carbocycles. The number of ether oxygens (including phenoxy) is 1. The Morgan fingerprint density at radius 2 is 2.21 bits per heavy atom. The minimum absolute atomic E-state index is 0.109. The van der Waals surface area contributed by atoms with Crippen LogP contribution in [0.25, 0.3) is 0 Å². The van der Waals surface area contributed by atoms with Crippen LogP contribution in [0.2, 0.25) is 0 Å². The largest absolute Gasteiger partial charge is 0.496 e. The topological polar surface area (TPSA) is 47.3 Å². The molecule has 3 N–H and O–H groups in total. The molecule has 0 spiro atoms. The van der Waals surface area contributed by atoms with Crippen LogP contribution in [-0.4, -0.2) is 7.11 Å². The lowest BCUT2D eigenvalue weighted by molar-refractivity contribution is 0.396. The Morgan fingerprint density at radius 1 is 1.37 bits per heavy atom. The van der Waals surface area contributed by atoms with E-state index in [-0.39, 0.29) is 6.04 Å². The van der Waals surface area contributed by atoms with Crippen LogP contribution in [0.15, 0.2) is 35.7 Å². The van der Waals surface area contributed by atoms with Crippen molar-refractivity contribution in [2.75, 3.05) is 7.11 Å². The van der Waals surface area contributed by atoms with Crippen LogP contribution in [0, 0.1) is 6.92 Å². The number of nitrogens with one attached hydrogen (secondary N) is 1. The van der Waals surface area contributed by atoms with Crippen molar-refractivity contribution in [3.05, 3.63) is 51.7 Å². The minimum Gasteiger partial charge on any atom is -0.496 e. The molecule has 102 valence electrons. The van der Waals surface area contributed by atoms with Gasteiger partial charge in [0, 0.05) is 16.5 Å². The molecule has 0 amide bonds. The number of rotatable bonds is 6. The Bertz CT molecular complexity index is 511. The van der Waals surface area contributed by atoms with Gasteiger partial charge in [-0.3, -0.25) is 11.3 Å². The third-order valence-electron chi connectivity index (χ3n) is 3.23. The van der Waals surface area contributed by atoms with Crippen LogP contribution < -0.4 is 16.0 Å². The third-order valence-corrected chi connectivity index (χ3v) is 4.16. The summed E-state index contributed by atoms with van der Waals surface area (Å²) in [5.74, 6) is 6.60. The second kappa shape index (κ2) is 6.70. The summed E-state index contributed by atoms with van der Waals surface area (Å²) in [6, 6.07) is 10.6. The molecule has 0 aliphatic rings. The first kappa shape index (κ1) is 14.1. The molecule has 1 atom stereocenters. The summed E-state index contributed by atoms with van der Waals surface area (Å²) in [6.45, 7) is 2.06. The monoisotopic (exact) mass is 276 g/mol. The number of benzene rings is 1. The summed E-state index contributed by atoms with van der Waals surface area (Å²) in [6.07, 6.45) is 1.97. The lowest BCUT2D eigenvalue weighted by atomic mass is 9.99. The highest BCUT2D eigenvalue weighted by atomic mass is 32.1. The Morgan fingerprint density at radius 3 is 2.84 bits per heavy atom. The van der Waals surface area contributed by atoms with Gasteiger partial charge in [-0.1, -0.05) is 18.2 Å². The molecule has 0 bridgehead atoms. The van der Waals surface area contributed by atoms with E-state index < -0.39 is 0 Å². The fraction of sp³-hybridized carbons (Fsp3) is 0.333. The maximum atomic E-state index is 5.70. The molecule has 19 heavy (non-hydrogen) atoms. The number of methoxy groups -OCH3 is 1. The number of nitrogens with two attached hydrogens (primary N) is 1. The summed E-state index contributed by atoms with van der Waals surface area (Å²) in [5, 5.41) is 2.10. The molecule has 2 aromatic rings. The summed E-state index contributed by atoms with van der Waals surface area (Å²) in [4.78, 5) is 1.38. The summed E-state index contributed by atoms with van der Waals surface area (Å²) < 4.78 is 5.45. The van der Waals surface area contributed by atoms with Gasteiger partial charge in [0.15, 0.2) is 0 Å². The SMILES string of the molecule is COc1cc(C)ccc1C(CCc1cccs1)NN. The van der Waals surface area contributed by atoms with Crippen molar-refractivity contribution in [1.82, 2.24) is 5.43 Å². The molecular formula is C15H20N2OS. The molecule has 0 fully saturated rings. The van der Waals surface area contributed by atoms with Gasteiger partial charge in [-0.25, -0.2) is 0 Å². The number of hydrogen-bond acceptors (Lipinski definition) is 4. The summed E-state index contributed by atoms with van der Waals surface area (Å²) in [7, 11) is 1.70. The fourth-order valence-electron chi connectivity index (χ4n) is 2.18. The van der Waals surface area contributed by atoms with E-state index in [1.54, 1.807) is 18.4 Å². The van der Waals surface area contributed by atoms with Gasteiger partial charge in [-0.15, -0.1) is 11.3 Å². The molecule has 2 rings (SSSR count). The van der Waals surface area contributed by atoms with Crippen LogP contribution in [0.1, 0.15) is 28.5 Å². The van der Waals surface area contributed by atoms with Gasteiger partial charge < -0.3 is 4.74 Å². The summed E-state index contributed by atoms with van der Waals surface area (Å²) in [5.41, 5.74) is 5.21. The molecule has 4 heteroatoms. The number of aryl methyl sites for hydroxylation is 2. The van der Waals surface area contributed by atoms with Crippen LogP contribution in [0.4, 0.5) is 0 Å². The zero-order chi connectivity index (χ0) is 13.7. The molecular weight excluding hydrogens is 256 g/mol.